The van der Waals surface area contributed by atoms with Crippen LogP contribution in [-0.4, -0.2) is 6.18 Å². The Morgan fingerprint density at radius 1 is 1.36 bits per heavy atom. The van der Waals surface area contributed by atoms with Gasteiger partial charge in [0, 0.05) is 5.57 Å². The van der Waals surface area contributed by atoms with Gasteiger partial charge in [-0.1, -0.05) is 33.3 Å². The van der Waals surface area contributed by atoms with Crippen LogP contribution in [0.2, 0.25) is 0 Å². The highest BCUT2D eigenvalue weighted by molar-refractivity contribution is 5.19. The molecule has 1 fully saturated rings. The third-order valence-electron chi connectivity index (χ3n) is 3.46. The zero-order chi connectivity index (χ0) is 11.1. The first kappa shape index (κ1) is 11.6. The van der Waals surface area contributed by atoms with Gasteiger partial charge in [-0.25, -0.2) is 0 Å². The summed E-state index contributed by atoms with van der Waals surface area (Å²) in [7, 11) is 0. The number of rotatable bonds is 2. The summed E-state index contributed by atoms with van der Waals surface area (Å²) in [5.74, 6) is 0.522. The van der Waals surface area contributed by atoms with E-state index in [0.29, 0.717) is 5.92 Å². The molecule has 1 aliphatic rings. The summed E-state index contributed by atoms with van der Waals surface area (Å²) in [5, 5.41) is 0. The zero-order valence-electron chi connectivity index (χ0n) is 9.07. The van der Waals surface area contributed by atoms with Gasteiger partial charge in [0.05, 0.1) is 0 Å². The summed E-state index contributed by atoms with van der Waals surface area (Å²) >= 11 is 0. The molecule has 0 saturated heterocycles. The number of hydrogen-bond acceptors (Lipinski definition) is 0. The molecule has 1 aliphatic carbocycles. The second-order valence-electron chi connectivity index (χ2n) is 4.71. The fourth-order valence-corrected chi connectivity index (χ4v) is 2.26. The van der Waals surface area contributed by atoms with Gasteiger partial charge < -0.3 is 0 Å². The summed E-state index contributed by atoms with van der Waals surface area (Å²) < 4.78 is 36.8. The summed E-state index contributed by atoms with van der Waals surface area (Å²) in [6, 6.07) is 0. The van der Waals surface area contributed by atoms with Crippen LogP contribution >= 0.6 is 0 Å². The average molecular weight is 206 g/mol. The number of hydrogen-bond donors (Lipinski definition) is 0. The largest absolute Gasteiger partial charge is 0.412 e. The SMILES string of the molecule is CCC1C(/C=C(\C)C(F)(F)F)C1(C)C. The fraction of sp³-hybridized carbons (Fsp3) is 0.818. The van der Waals surface area contributed by atoms with Crippen molar-refractivity contribution in [3.8, 4) is 0 Å². The van der Waals surface area contributed by atoms with E-state index in [1.807, 2.05) is 20.8 Å². The standard InChI is InChI=1S/C11H17F3/c1-5-8-9(10(8,3)4)6-7(2)11(12,13)14/h6,8-9H,5H2,1-4H3/b7-6+. The van der Waals surface area contributed by atoms with Crippen LogP contribution in [0, 0.1) is 17.3 Å². The highest BCUT2D eigenvalue weighted by Gasteiger charge is 2.55. The minimum absolute atomic E-state index is 0.0568. The quantitative estimate of drug-likeness (QED) is 0.594. The Kier molecular flexibility index (Phi) is 2.72. The molecule has 0 aromatic rings. The van der Waals surface area contributed by atoms with Gasteiger partial charge >= 0.3 is 6.18 Å². The summed E-state index contributed by atoms with van der Waals surface area (Å²) in [5.41, 5.74) is -0.395. The molecule has 2 unspecified atom stereocenters. The average Bonchev–Trinajstić information content (AvgIpc) is 2.51. The third kappa shape index (κ3) is 1.96. The van der Waals surface area contributed by atoms with Gasteiger partial charge in [-0.15, -0.1) is 0 Å². The van der Waals surface area contributed by atoms with Crippen LogP contribution in [0.25, 0.3) is 0 Å². The molecule has 0 amide bonds. The Morgan fingerprint density at radius 3 is 2.14 bits per heavy atom. The second kappa shape index (κ2) is 3.28. The van der Waals surface area contributed by atoms with Crippen molar-refractivity contribution in [2.75, 3.05) is 0 Å². The van der Waals surface area contributed by atoms with E-state index in [0.717, 1.165) is 13.3 Å². The molecule has 0 heterocycles. The van der Waals surface area contributed by atoms with E-state index < -0.39 is 11.7 Å². The molecule has 82 valence electrons. The minimum Gasteiger partial charge on any atom is -0.167 e. The van der Waals surface area contributed by atoms with Gasteiger partial charge in [-0.3, -0.25) is 0 Å². The number of alkyl halides is 3. The van der Waals surface area contributed by atoms with Crippen molar-refractivity contribution >= 4 is 0 Å². The summed E-state index contributed by atoms with van der Waals surface area (Å²) in [6.45, 7) is 7.25. The Bertz CT molecular complexity index is 248. The topological polar surface area (TPSA) is 0 Å². The predicted molar refractivity (Wildman–Crippen MR) is 50.9 cm³/mol. The van der Waals surface area contributed by atoms with E-state index in [1.165, 1.54) is 6.08 Å². The van der Waals surface area contributed by atoms with Crippen molar-refractivity contribution in [2.24, 2.45) is 17.3 Å². The van der Waals surface area contributed by atoms with Crippen molar-refractivity contribution in [3.05, 3.63) is 11.6 Å². The van der Waals surface area contributed by atoms with Crippen LogP contribution < -0.4 is 0 Å². The normalized spacial score (nSPS) is 31.8. The van der Waals surface area contributed by atoms with Crippen molar-refractivity contribution in [1.29, 1.82) is 0 Å². The molecule has 3 heteroatoms. The van der Waals surface area contributed by atoms with Crippen LogP contribution in [0.15, 0.2) is 11.6 Å². The van der Waals surface area contributed by atoms with E-state index >= 15 is 0 Å². The maximum Gasteiger partial charge on any atom is 0.412 e. The van der Waals surface area contributed by atoms with E-state index in [9.17, 15) is 13.2 Å². The molecule has 0 aromatic carbocycles. The van der Waals surface area contributed by atoms with Crippen LogP contribution in [0.4, 0.5) is 13.2 Å². The van der Waals surface area contributed by atoms with E-state index in [-0.39, 0.29) is 11.3 Å². The van der Waals surface area contributed by atoms with E-state index in [1.54, 1.807) is 0 Å². The molecule has 1 saturated carbocycles. The van der Waals surface area contributed by atoms with Crippen molar-refractivity contribution < 1.29 is 13.2 Å². The summed E-state index contributed by atoms with van der Waals surface area (Å²) in [4.78, 5) is 0. The maximum atomic E-state index is 12.3. The lowest BCUT2D eigenvalue weighted by atomic mass is 10.1. The Balaban J connectivity index is 2.72. The lowest BCUT2D eigenvalue weighted by Gasteiger charge is -2.06. The minimum atomic E-state index is -4.16. The number of halogens is 3. The lowest BCUT2D eigenvalue weighted by molar-refractivity contribution is -0.0917. The van der Waals surface area contributed by atoms with Gasteiger partial charge in [-0.2, -0.15) is 13.2 Å². The van der Waals surface area contributed by atoms with Gasteiger partial charge in [0.2, 0.25) is 0 Å². The smallest absolute Gasteiger partial charge is 0.167 e. The second-order valence-corrected chi connectivity index (χ2v) is 4.71. The zero-order valence-corrected chi connectivity index (χ0v) is 9.07. The first-order valence-electron chi connectivity index (χ1n) is 4.96. The Morgan fingerprint density at radius 2 is 1.86 bits per heavy atom. The van der Waals surface area contributed by atoms with Crippen LogP contribution in [-0.2, 0) is 0 Å². The molecular weight excluding hydrogens is 189 g/mol. The van der Waals surface area contributed by atoms with Gasteiger partial charge in [0.15, 0.2) is 0 Å². The monoisotopic (exact) mass is 206 g/mol. The molecular formula is C11H17F3. The van der Waals surface area contributed by atoms with Crippen molar-refractivity contribution in [2.45, 2.75) is 40.3 Å². The molecule has 0 radical (unpaired) electrons. The molecule has 0 N–H and O–H groups in total. The van der Waals surface area contributed by atoms with E-state index in [2.05, 4.69) is 0 Å². The molecule has 0 aromatic heterocycles. The fourth-order valence-electron chi connectivity index (χ4n) is 2.26. The van der Waals surface area contributed by atoms with E-state index in [4.69, 9.17) is 0 Å². The van der Waals surface area contributed by atoms with Gasteiger partial charge in [0.1, 0.15) is 0 Å². The van der Waals surface area contributed by atoms with Crippen LogP contribution in [0.3, 0.4) is 0 Å². The van der Waals surface area contributed by atoms with Crippen LogP contribution in [0.5, 0.6) is 0 Å². The molecule has 0 nitrogen and oxygen atoms in total. The lowest BCUT2D eigenvalue weighted by Crippen LogP contribution is -2.09. The number of allylic oxidation sites excluding steroid dienone is 2. The molecule has 2 atom stereocenters. The Labute approximate surface area is 83.2 Å². The maximum absolute atomic E-state index is 12.3. The Hall–Kier alpha value is -0.470. The molecule has 0 bridgehead atoms. The highest BCUT2D eigenvalue weighted by Crippen LogP contribution is 2.61. The molecule has 1 rings (SSSR count). The molecule has 14 heavy (non-hydrogen) atoms. The van der Waals surface area contributed by atoms with Crippen molar-refractivity contribution in [3.63, 3.8) is 0 Å². The molecule has 0 aliphatic heterocycles. The van der Waals surface area contributed by atoms with Gasteiger partial charge in [-0.05, 0) is 24.2 Å². The first-order valence-corrected chi connectivity index (χ1v) is 4.96. The van der Waals surface area contributed by atoms with Crippen LogP contribution in [0.1, 0.15) is 34.1 Å². The van der Waals surface area contributed by atoms with Gasteiger partial charge in [0.25, 0.3) is 0 Å². The highest BCUT2D eigenvalue weighted by atomic mass is 19.4. The first-order chi connectivity index (χ1) is 6.21. The predicted octanol–water partition coefficient (Wildman–Crippen LogP) is 4.18. The third-order valence-corrected chi connectivity index (χ3v) is 3.46. The molecule has 0 spiro atoms. The summed E-state index contributed by atoms with van der Waals surface area (Å²) in [6.07, 6.45) is -1.80. The van der Waals surface area contributed by atoms with Crippen molar-refractivity contribution in [1.82, 2.24) is 0 Å².